The SMILES string of the molecule is [Au].c1csnn1. The van der Waals surface area contributed by atoms with Crippen LogP contribution in [0.4, 0.5) is 0 Å². The molecule has 0 bridgehead atoms. The van der Waals surface area contributed by atoms with E-state index in [9.17, 15) is 0 Å². The molecule has 0 saturated heterocycles. The van der Waals surface area contributed by atoms with E-state index in [4.69, 9.17) is 0 Å². The Morgan fingerprint density at radius 2 is 2.33 bits per heavy atom. The van der Waals surface area contributed by atoms with Crippen LogP contribution >= 0.6 is 11.5 Å². The summed E-state index contributed by atoms with van der Waals surface area (Å²) in [4.78, 5) is 0. The number of aromatic nitrogens is 2. The molecule has 0 saturated carbocycles. The number of nitrogens with zero attached hydrogens (tertiary/aromatic N) is 2. The fourth-order valence-corrected chi connectivity index (χ4v) is 0.408. The van der Waals surface area contributed by atoms with Crippen LogP contribution in [0.1, 0.15) is 0 Å². The molecule has 0 spiro atoms. The Bertz CT molecular complexity index is 68.0. The van der Waals surface area contributed by atoms with Crippen LogP contribution in [0.5, 0.6) is 0 Å². The van der Waals surface area contributed by atoms with E-state index in [2.05, 4.69) is 9.59 Å². The Morgan fingerprint density at radius 3 is 2.50 bits per heavy atom. The van der Waals surface area contributed by atoms with Crippen molar-refractivity contribution in [3.63, 3.8) is 0 Å². The first-order chi connectivity index (χ1) is 2.50. The molecule has 0 N–H and O–H groups in total. The summed E-state index contributed by atoms with van der Waals surface area (Å²) in [5, 5.41) is 5.31. The summed E-state index contributed by atoms with van der Waals surface area (Å²) < 4.78 is 3.51. The van der Waals surface area contributed by atoms with Gasteiger partial charge in [0.2, 0.25) is 0 Å². The molecule has 1 rings (SSSR count). The standard InChI is InChI=1S/C2H2N2S.Au/c1-2-5-4-3-1;/h1-2H;. The molecule has 2 nitrogen and oxygen atoms in total. The van der Waals surface area contributed by atoms with Crippen molar-refractivity contribution in [3.05, 3.63) is 11.6 Å². The van der Waals surface area contributed by atoms with Gasteiger partial charge in [0, 0.05) is 27.8 Å². The van der Waals surface area contributed by atoms with Gasteiger partial charge in [0.25, 0.3) is 0 Å². The third kappa shape index (κ3) is 1.67. The summed E-state index contributed by atoms with van der Waals surface area (Å²) in [5.41, 5.74) is 0. The molecule has 0 amide bonds. The van der Waals surface area contributed by atoms with Crippen molar-refractivity contribution < 1.29 is 22.4 Å². The fourth-order valence-electron chi connectivity index (χ4n) is 0.136. The molecule has 0 atom stereocenters. The first-order valence-corrected chi connectivity index (χ1v) is 2.05. The zero-order valence-electron chi connectivity index (χ0n) is 2.76. The zero-order chi connectivity index (χ0) is 3.54. The van der Waals surface area contributed by atoms with Gasteiger partial charge in [-0.2, -0.15) is 0 Å². The molecule has 4 heteroatoms. The maximum atomic E-state index is 3.51. The summed E-state index contributed by atoms with van der Waals surface area (Å²) in [6, 6.07) is 0. The summed E-state index contributed by atoms with van der Waals surface area (Å²) in [6.07, 6.45) is 1.66. The van der Waals surface area contributed by atoms with Gasteiger partial charge in [-0.3, -0.25) is 0 Å². The van der Waals surface area contributed by atoms with E-state index in [1.54, 1.807) is 6.20 Å². The minimum absolute atomic E-state index is 0. The van der Waals surface area contributed by atoms with Gasteiger partial charge in [0.15, 0.2) is 0 Å². The van der Waals surface area contributed by atoms with E-state index >= 15 is 0 Å². The first kappa shape index (κ1) is 6.30. The Kier molecular flexibility index (Phi) is 3.66. The van der Waals surface area contributed by atoms with Gasteiger partial charge in [-0.25, -0.2) is 0 Å². The van der Waals surface area contributed by atoms with Gasteiger partial charge in [0.1, 0.15) is 0 Å². The Morgan fingerprint density at radius 1 is 1.50 bits per heavy atom. The van der Waals surface area contributed by atoms with Crippen LogP contribution < -0.4 is 0 Å². The van der Waals surface area contributed by atoms with Crippen LogP contribution in [0, 0.1) is 0 Å². The average Bonchev–Trinajstić information content (AvgIpc) is 1.76. The van der Waals surface area contributed by atoms with Crippen LogP contribution in [0.25, 0.3) is 0 Å². The molecule has 0 fully saturated rings. The van der Waals surface area contributed by atoms with E-state index in [1.165, 1.54) is 11.5 Å². The van der Waals surface area contributed by atoms with Crippen LogP contribution in [-0.2, 0) is 22.4 Å². The minimum Gasteiger partial charge on any atom is -0.147 e. The fraction of sp³-hybridized carbons (Fsp3) is 0. The summed E-state index contributed by atoms with van der Waals surface area (Å²) >= 11 is 1.35. The molecule has 6 heavy (non-hydrogen) atoms. The van der Waals surface area contributed by atoms with Crippen molar-refractivity contribution in [2.24, 2.45) is 0 Å². The molecular formula is C2H2AuN2S. The van der Waals surface area contributed by atoms with Crippen molar-refractivity contribution in [1.29, 1.82) is 0 Å². The van der Waals surface area contributed by atoms with E-state index < -0.39 is 0 Å². The van der Waals surface area contributed by atoms with Crippen LogP contribution in [-0.4, -0.2) is 9.59 Å². The van der Waals surface area contributed by atoms with Crippen LogP contribution in [0.2, 0.25) is 0 Å². The molecule has 0 aliphatic carbocycles. The third-order valence-electron chi connectivity index (χ3n) is 0.283. The maximum Gasteiger partial charge on any atom is 0.0620 e. The Hall–Kier alpha value is 0.300. The molecular weight excluding hydrogens is 281 g/mol. The van der Waals surface area contributed by atoms with Gasteiger partial charge >= 0.3 is 0 Å². The maximum absolute atomic E-state index is 3.51. The number of rotatable bonds is 0. The largest absolute Gasteiger partial charge is 0.147 e. The molecule has 1 heterocycles. The minimum atomic E-state index is 0. The second-order valence-corrected chi connectivity index (χ2v) is 1.23. The van der Waals surface area contributed by atoms with E-state index in [0.29, 0.717) is 0 Å². The van der Waals surface area contributed by atoms with Crippen molar-refractivity contribution in [2.45, 2.75) is 0 Å². The summed E-state index contributed by atoms with van der Waals surface area (Å²) in [5.74, 6) is 0. The van der Waals surface area contributed by atoms with Crippen molar-refractivity contribution in [2.75, 3.05) is 0 Å². The number of hydrogen-bond acceptors (Lipinski definition) is 3. The van der Waals surface area contributed by atoms with Crippen LogP contribution in [0.15, 0.2) is 11.6 Å². The third-order valence-corrected chi connectivity index (χ3v) is 0.715. The molecule has 37 valence electrons. The Labute approximate surface area is 55.3 Å². The van der Waals surface area contributed by atoms with Crippen molar-refractivity contribution >= 4 is 11.5 Å². The first-order valence-electron chi connectivity index (χ1n) is 1.21. The molecule has 1 aromatic heterocycles. The van der Waals surface area contributed by atoms with Crippen LogP contribution in [0.3, 0.4) is 0 Å². The summed E-state index contributed by atoms with van der Waals surface area (Å²) in [6.45, 7) is 0. The molecule has 0 aliphatic heterocycles. The zero-order valence-corrected chi connectivity index (χ0v) is 5.74. The topological polar surface area (TPSA) is 25.8 Å². The molecule has 0 aliphatic rings. The molecule has 1 aromatic rings. The smallest absolute Gasteiger partial charge is 0.0620 e. The quantitative estimate of drug-likeness (QED) is 0.649. The predicted octanol–water partition coefficient (Wildman–Crippen LogP) is 0.536. The predicted molar refractivity (Wildman–Crippen MR) is 19.9 cm³/mol. The molecule has 0 unspecified atom stereocenters. The van der Waals surface area contributed by atoms with E-state index in [1.807, 2.05) is 5.38 Å². The van der Waals surface area contributed by atoms with E-state index in [0.717, 1.165) is 0 Å². The van der Waals surface area contributed by atoms with Gasteiger partial charge in [-0.05, 0) is 11.5 Å². The van der Waals surface area contributed by atoms with Crippen molar-refractivity contribution in [1.82, 2.24) is 9.59 Å². The van der Waals surface area contributed by atoms with Gasteiger partial charge in [-0.15, -0.1) is 5.10 Å². The monoisotopic (exact) mass is 283 g/mol. The molecule has 1 radical (unpaired) electrons. The van der Waals surface area contributed by atoms with Crippen molar-refractivity contribution in [3.8, 4) is 0 Å². The average molecular weight is 283 g/mol. The second-order valence-electron chi connectivity index (χ2n) is 0.588. The van der Waals surface area contributed by atoms with E-state index in [-0.39, 0.29) is 22.4 Å². The normalized spacial score (nSPS) is 6.67. The summed E-state index contributed by atoms with van der Waals surface area (Å²) in [7, 11) is 0. The Balaban J connectivity index is 0.000000250. The van der Waals surface area contributed by atoms with Gasteiger partial charge < -0.3 is 0 Å². The van der Waals surface area contributed by atoms with Gasteiger partial charge in [0.05, 0.1) is 6.20 Å². The molecule has 0 aromatic carbocycles. The second kappa shape index (κ2) is 3.49. The number of hydrogen-bond donors (Lipinski definition) is 0. The van der Waals surface area contributed by atoms with Gasteiger partial charge in [-0.1, -0.05) is 4.49 Å².